The summed E-state index contributed by atoms with van der Waals surface area (Å²) in [5.41, 5.74) is 5.15. The van der Waals surface area contributed by atoms with Crippen LogP contribution in [0.4, 0.5) is 13.2 Å². The lowest BCUT2D eigenvalue weighted by Crippen LogP contribution is -2.17. The van der Waals surface area contributed by atoms with Crippen molar-refractivity contribution < 1.29 is 17.6 Å². The summed E-state index contributed by atoms with van der Waals surface area (Å²) in [5.74, 6) is 0.606. The summed E-state index contributed by atoms with van der Waals surface area (Å²) >= 11 is 0. The van der Waals surface area contributed by atoms with Gasteiger partial charge in [0.2, 0.25) is 0 Å². The van der Waals surface area contributed by atoms with Crippen LogP contribution in [-0.4, -0.2) is 6.04 Å². The maximum atomic E-state index is 12.5. The molecule has 17 heavy (non-hydrogen) atoms. The van der Waals surface area contributed by atoms with E-state index in [1.165, 1.54) is 6.07 Å². The highest BCUT2D eigenvalue weighted by Gasteiger charge is 2.30. The van der Waals surface area contributed by atoms with Crippen LogP contribution in [0.25, 0.3) is 11.0 Å². The number of fused-ring (bicyclic) bond motifs is 1. The SMILES string of the molecule is CC(N)Cc1cc2ccc(C(F)(F)F)cc2o1. The second-order valence-electron chi connectivity index (χ2n) is 4.14. The predicted octanol–water partition coefficient (Wildman–Crippen LogP) is 3.34. The number of furan rings is 1. The molecule has 0 fully saturated rings. The fraction of sp³-hybridized carbons (Fsp3) is 0.333. The predicted molar refractivity (Wildman–Crippen MR) is 58.6 cm³/mol. The molecule has 0 radical (unpaired) electrons. The molecule has 2 rings (SSSR count). The highest BCUT2D eigenvalue weighted by molar-refractivity contribution is 5.78. The van der Waals surface area contributed by atoms with Crippen molar-refractivity contribution in [2.45, 2.75) is 25.6 Å². The summed E-state index contributed by atoms with van der Waals surface area (Å²) in [6, 6.07) is 5.11. The van der Waals surface area contributed by atoms with Crippen LogP contribution in [0.1, 0.15) is 18.2 Å². The van der Waals surface area contributed by atoms with Crippen molar-refractivity contribution >= 4 is 11.0 Å². The van der Waals surface area contributed by atoms with Gasteiger partial charge in [0.1, 0.15) is 11.3 Å². The van der Waals surface area contributed by atoms with Crippen molar-refractivity contribution in [3.05, 3.63) is 35.6 Å². The van der Waals surface area contributed by atoms with E-state index in [0.29, 0.717) is 17.6 Å². The molecule has 0 aliphatic rings. The molecule has 0 saturated heterocycles. The van der Waals surface area contributed by atoms with Gasteiger partial charge < -0.3 is 10.2 Å². The van der Waals surface area contributed by atoms with Crippen molar-refractivity contribution in [2.24, 2.45) is 5.73 Å². The summed E-state index contributed by atoms with van der Waals surface area (Å²) in [5, 5.41) is 0.661. The molecule has 2 nitrogen and oxygen atoms in total. The van der Waals surface area contributed by atoms with E-state index in [9.17, 15) is 13.2 Å². The molecule has 0 amide bonds. The Morgan fingerprint density at radius 3 is 2.59 bits per heavy atom. The average Bonchev–Trinajstić information content (AvgIpc) is 2.55. The zero-order chi connectivity index (χ0) is 12.6. The van der Waals surface area contributed by atoms with Crippen LogP contribution in [0.5, 0.6) is 0 Å². The molecule has 1 aromatic heterocycles. The van der Waals surface area contributed by atoms with E-state index in [4.69, 9.17) is 10.2 Å². The first-order valence-electron chi connectivity index (χ1n) is 5.21. The van der Waals surface area contributed by atoms with E-state index in [-0.39, 0.29) is 11.6 Å². The molecule has 0 spiro atoms. The van der Waals surface area contributed by atoms with E-state index in [2.05, 4.69) is 0 Å². The Bertz CT molecular complexity index is 528. The first-order valence-corrected chi connectivity index (χ1v) is 5.21. The lowest BCUT2D eigenvalue weighted by molar-refractivity contribution is -0.137. The third-order valence-corrected chi connectivity index (χ3v) is 2.42. The standard InChI is InChI=1S/C12H12F3NO/c1-7(16)4-10-5-8-2-3-9(12(13,14)15)6-11(8)17-10/h2-3,5-7H,4,16H2,1H3. The molecule has 0 bridgehead atoms. The van der Waals surface area contributed by atoms with Gasteiger partial charge in [-0.15, -0.1) is 0 Å². The highest BCUT2D eigenvalue weighted by atomic mass is 19.4. The number of benzene rings is 1. The molecule has 92 valence electrons. The second kappa shape index (κ2) is 4.07. The van der Waals surface area contributed by atoms with Crippen LogP contribution in [0.2, 0.25) is 0 Å². The van der Waals surface area contributed by atoms with Gasteiger partial charge in [0.05, 0.1) is 5.56 Å². The molecular formula is C12H12F3NO. The van der Waals surface area contributed by atoms with E-state index in [1.807, 2.05) is 6.92 Å². The molecule has 1 aromatic carbocycles. The molecule has 0 saturated carbocycles. The van der Waals surface area contributed by atoms with Crippen molar-refractivity contribution in [1.29, 1.82) is 0 Å². The monoisotopic (exact) mass is 243 g/mol. The van der Waals surface area contributed by atoms with Crippen molar-refractivity contribution in [3.8, 4) is 0 Å². The highest BCUT2D eigenvalue weighted by Crippen LogP contribution is 2.32. The van der Waals surface area contributed by atoms with E-state index in [1.54, 1.807) is 6.07 Å². The van der Waals surface area contributed by atoms with E-state index < -0.39 is 11.7 Å². The Labute approximate surface area is 96.2 Å². The van der Waals surface area contributed by atoms with Crippen LogP contribution in [0.3, 0.4) is 0 Å². The minimum absolute atomic E-state index is 0.0855. The largest absolute Gasteiger partial charge is 0.461 e. The van der Waals surface area contributed by atoms with Gasteiger partial charge in [0, 0.05) is 17.8 Å². The zero-order valence-corrected chi connectivity index (χ0v) is 9.21. The normalized spacial score (nSPS) is 14.2. The van der Waals surface area contributed by atoms with Gasteiger partial charge in [-0.25, -0.2) is 0 Å². The topological polar surface area (TPSA) is 39.2 Å². The second-order valence-corrected chi connectivity index (χ2v) is 4.14. The number of hydrogen-bond donors (Lipinski definition) is 1. The minimum atomic E-state index is -4.34. The van der Waals surface area contributed by atoms with Crippen LogP contribution in [0.15, 0.2) is 28.7 Å². The number of hydrogen-bond acceptors (Lipinski definition) is 2. The van der Waals surface area contributed by atoms with Gasteiger partial charge in [-0.05, 0) is 25.1 Å². The third kappa shape index (κ3) is 2.61. The smallest absolute Gasteiger partial charge is 0.416 e. The van der Waals surface area contributed by atoms with Gasteiger partial charge in [0.25, 0.3) is 0 Å². The first kappa shape index (κ1) is 12.0. The van der Waals surface area contributed by atoms with Gasteiger partial charge in [-0.2, -0.15) is 13.2 Å². The zero-order valence-electron chi connectivity index (χ0n) is 9.21. The van der Waals surface area contributed by atoms with Crippen molar-refractivity contribution in [2.75, 3.05) is 0 Å². The van der Waals surface area contributed by atoms with Crippen LogP contribution in [0, 0.1) is 0 Å². The molecule has 2 N–H and O–H groups in total. The summed E-state index contributed by atoms with van der Waals surface area (Å²) < 4.78 is 42.7. The summed E-state index contributed by atoms with van der Waals surface area (Å²) in [6.45, 7) is 1.81. The minimum Gasteiger partial charge on any atom is -0.461 e. The number of alkyl halides is 3. The quantitative estimate of drug-likeness (QED) is 0.878. The third-order valence-electron chi connectivity index (χ3n) is 2.42. The number of halogens is 3. The lowest BCUT2D eigenvalue weighted by Gasteiger charge is -2.05. The summed E-state index contributed by atoms with van der Waals surface area (Å²) in [7, 11) is 0. The molecular weight excluding hydrogens is 231 g/mol. The molecule has 2 aromatic rings. The van der Waals surface area contributed by atoms with Gasteiger partial charge >= 0.3 is 6.18 Å². The maximum Gasteiger partial charge on any atom is 0.416 e. The fourth-order valence-electron chi connectivity index (χ4n) is 1.68. The van der Waals surface area contributed by atoms with Crippen LogP contribution < -0.4 is 5.73 Å². The Balaban J connectivity index is 2.41. The van der Waals surface area contributed by atoms with Gasteiger partial charge in [0.15, 0.2) is 0 Å². The maximum absolute atomic E-state index is 12.5. The molecule has 0 aliphatic heterocycles. The average molecular weight is 243 g/mol. The number of nitrogens with two attached hydrogens (primary N) is 1. The molecule has 1 atom stereocenters. The summed E-state index contributed by atoms with van der Waals surface area (Å²) in [6.07, 6.45) is -3.83. The molecule has 1 unspecified atom stereocenters. The molecule has 5 heteroatoms. The molecule has 1 heterocycles. The van der Waals surface area contributed by atoms with Gasteiger partial charge in [-0.1, -0.05) is 6.07 Å². The Morgan fingerprint density at radius 2 is 2.00 bits per heavy atom. The Kier molecular flexibility index (Phi) is 2.87. The number of rotatable bonds is 2. The van der Waals surface area contributed by atoms with Crippen molar-refractivity contribution in [3.63, 3.8) is 0 Å². The lowest BCUT2D eigenvalue weighted by atomic mass is 10.1. The fourth-order valence-corrected chi connectivity index (χ4v) is 1.68. The summed E-state index contributed by atoms with van der Waals surface area (Å²) in [4.78, 5) is 0. The first-order chi connectivity index (χ1) is 7.86. The molecule has 0 aliphatic carbocycles. The van der Waals surface area contributed by atoms with Crippen LogP contribution >= 0.6 is 0 Å². The van der Waals surface area contributed by atoms with Gasteiger partial charge in [-0.3, -0.25) is 0 Å². The van der Waals surface area contributed by atoms with Crippen LogP contribution in [-0.2, 0) is 12.6 Å². The van der Waals surface area contributed by atoms with E-state index >= 15 is 0 Å². The Hall–Kier alpha value is -1.49. The van der Waals surface area contributed by atoms with Crippen molar-refractivity contribution in [1.82, 2.24) is 0 Å². The Morgan fingerprint density at radius 1 is 1.29 bits per heavy atom. The van der Waals surface area contributed by atoms with E-state index in [0.717, 1.165) is 12.1 Å².